The molecule has 0 aliphatic carbocycles. The van der Waals surface area contributed by atoms with E-state index in [0.717, 1.165) is 0 Å². The van der Waals surface area contributed by atoms with E-state index in [9.17, 15) is 9.50 Å². The van der Waals surface area contributed by atoms with Crippen LogP contribution in [0.3, 0.4) is 0 Å². The summed E-state index contributed by atoms with van der Waals surface area (Å²) in [7, 11) is 0. The first-order valence-electron chi connectivity index (χ1n) is 5.45. The molecule has 2 aromatic carbocycles. The largest absolute Gasteiger partial charge is 0.388 e. The van der Waals surface area contributed by atoms with Gasteiger partial charge in [-0.2, -0.15) is 0 Å². The van der Waals surface area contributed by atoms with Crippen molar-refractivity contribution in [1.82, 2.24) is 0 Å². The lowest BCUT2D eigenvalue weighted by molar-refractivity contribution is 0.177. The van der Waals surface area contributed by atoms with Crippen molar-refractivity contribution in [2.45, 2.75) is 12.5 Å². The average molecular weight is 285 g/mol. The molecule has 2 rings (SSSR count). The first-order chi connectivity index (χ1) is 8.59. The zero-order chi connectivity index (χ0) is 13.1. The van der Waals surface area contributed by atoms with E-state index in [1.807, 2.05) is 0 Å². The van der Waals surface area contributed by atoms with Gasteiger partial charge in [-0.3, -0.25) is 0 Å². The second-order valence-electron chi connectivity index (χ2n) is 3.95. The molecule has 0 bridgehead atoms. The molecule has 4 heteroatoms. The third kappa shape index (κ3) is 2.83. The molecule has 18 heavy (non-hydrogen) atoms. The maximum atomic E-state index is 13.5. The van der Waals surface area contributed by atoms with Gasteiger partial charge in [0, 0.05) is 22.0 Å². The summed E-state index contributed by atoms with van der Waals surface area (Å²) in [6.07, 6.45) is -0.793. The van der Waals surface area contributed by atoms with Gasteiger partial charge in [-0.15, -0.1) is 0 Å². The van der Waals surface area contributed by atoms with Crippen molar-refractivity contribution < 1.29 is 9.50 Å². The Labute approximate surface area is 115 Å². The summed E-state index contributed by atoms with van der Waals surface area (Å²) in [5, 5.41) is 10.9. The van der Waals surface area contributed by atoms with Crippen LogP contribution in [0.5, 0.6) is 0 Å². The minimum absolute atomic E-state index is 0.135. The number of benzene rings is 2. The summed E-state index contributed by atoms with van der Waals surface area (Å²) in [5.41, 5.74) is 0.866. The molecule has 1 nitrogen and oxygen atoms in total. The third-order valence-corrected chi connectivity index (χ3v) is 3.36. The molecule has 1 N–H and O–H groups in total. The molecular weight excluding hydrogens is 274 g/mol. The molecule has 0 fully saturated rings. The molecule has 2 aromatic rings. The molecular formula is C14H11Cl2FO. The lowest BCUT2D eigenvalue weighted by Crippen LogP contribution is -2.05. The third-order valence-electron chi connectivity index (χ3n) is 2.70. The van der Waals surface area contributed by atoms with E-state index in [1.165, 1.54) is 6.07 Å². The molecule has 0 radical (unpaired) electrons. The van der Waals surface area contributed by atoms with Crippen LogP contribution in [0.15, 0.2) is 42.5 Å². The second-order valence-corrected chi connectivity index (χ2v) is 4.76. The smallest absolute Gasteiger partial charge is 0.126 e. The number of hydrogen-bond acceptors (Lipinski definition) is 1. The highest BCUT2D eigenvalue weighted by Gasteiger charge is 2.17. The Kier molecular flexibility index (Phi) is 4.23. The Morgan fingerprint density at radius 3 is 2.22 bits per heavy atom. The molecule has 1 atom stereocenters. The van der Waals surface area contributed by atoms with Gasteiger partial charge in [0.05, 0.1) is 6.10 Å². The van der Waals surface area contributed by atoms with Gasteiger partial charge in [-0.25, -0.2) is 4.39 Å². The fourth-order valence-corrected chi connectivity index (χ4v) is 2.45. The van der Waals surface area contributed by atoms with Crippen LogP contribution < -0.4 is 0 Å². The van der Waals surface area contributed by atoms with Gasteiger partial charge in [-0.1, -0.05) is 47.5 Å². The molecule has 94 valence electrons. The first-order valence-corrected chi connectivity index (χ1v) is 6.20. The predicted octanol–water partition coefficient (Wildman–Crippen LogP) is 4.41. The first kappa shape index (κ1) is 13.3. The Hall–Kier alpha value is -1.09. The molecule has 0 amide bonds. The van der Waals surface area contributed by atoms with Crippen molar-refractivity contribution in [1.29, 1.82) is 0 Å². The fourth-order valence-electron chi connectivity index (χ4n) is 1.80. The van der Waals surface area contributed by atoms with Gasteiger partial charge in [-0.05, 0) is 23.8 Å². The van der Waals surface area contributed by atoms with Gasteiger partial charge >= 0.3 is 0 Å². The number of hydrogen-bond donors (Lipinski definition) is 1. The van der Waals surface area contributed by atoms with Crippen LogP contribution in [0.4, 0.5) is 4.39 Å². The van der Waals surface area contributed by atoms with Gasteiger partial charge in [0.1, 0.15) is 5.82 Å². The van der Waals surface area contributed by atoms with Crippen LogP contribution >= 0.6 is 23.2 Å². The van der Waals surface area contributed by atoms with Crippen LogP contribution in [-0.4, -0.2) is 5.11 Å². The van der Waals surface area contributed by atoms with E-state index >= 15 is 0 Å². The van der Waals surface area contributed by atoms with Crippen LogP contribution in [0.1, 0.15) is 17.2 Å². The Morgan fingerprint density at radius 1 is 1.00 bits per heavy atom. The summed E-state index contributed by atoms with van der Waals surface area (Å²) in [4.78, 5) is 0. The standard InChI is InChI=1S/C14H11Cl2FO/c15-10-5-3-6-11(16)14(10)13(18)8-9-4-1-2-7-12(9)17/h1-7,13,18H,8H2. The van der Waals surface area contributed by atoms with E-state index in [1.54, 1.807) is 36.4 Å². The molecule has 0 aromatic heterocycles. The van der Waals surface area contributed by atoms with Crippen molar-refractivity contribution in [2.75, 3.05) is 0 Å². The Bertz CT molecular complexity index is 537. The number of rotatable bonds is 3. The van der Waals surface area contributed by atoms with E-state index in [0.29, 0.717) is 21.2 Å². The summed E-state index contributed by atoms with van der Waals surface area (Å²) in [6.45, 7) is 0. The summed E-state index contributed by atoms with van der Waals surface area (Å²) < 4.78 is 13.5. The maximum Gasteiger partial charge on any atom is 0.126 e. The number of halogens is 3. The number of aliphatic hydroxyl groups excluding tert-OH is 1. The van der Waals surface area contributed by atoms with Crippen LogP contribution in [0, 0.1) is 5.82 Å². The molecule has 1 unspecified atom stereocenters. The van der Waals surface area contributed by atoms with Gasteiger partial charge in [0.25, 0.3) is 0 Å². The highest BCUT2D eigenvalue weighted by Crippen LogP contribution is 2.32. The van der Waals surface area contributed by atoms with Gasteiger partial charge < -0.3 is 5.11 Å². The van der Waals surface area contributed by atoms with Crippen molar-refractivity contribution in [2.24, 2.45) is 0 Å². The molecule has 0 spiro atoms. The molecule has 0 saturated heterocycles. The zero-order valence-corrected chi connectivity index (χ0v) is 10.9. The fraction of sp³-hybridized carbons (Fsp3) is 0.143. The van der Waals surface area contributed by atoms with Crippen molar-refractivity contribution in [3.63, 3.8) is 0 Å². The van der Waals surface area contributed by atoms with E-state index in [4.69, 9.17) is 23.2 Å². The summed E-state index contributed by atoms with van der Waals surface area (Å²) in [5.74, 6) is -0.347. The minimum Gasteiger partial charge on any atom is -0.388 e. The second kappa shape index (κ2) is 5.70. The van der Waals surface area contributed by atoms with Crippen LogP contribution in [0.25, 0.3) is 0 Å². The average Bonchev–Trinajstić information content (AvgIpc) is 2.32. The van der Waals surface area contributed by atoms with Crippen LogP contribution in [-0.2, 0) is 6.42 Å². The highest BCUT2D eigenvalue weighted by molar-refractivity contribution is 6.36. The topological polar surface area (TPSA) is 20.2 Å². The summed E-state index contributed by atoms with van der Waals surface area (Å²) in [6, 6.07) is 11.3. The lowest BCUT2D eigenvalue weighted by Gasteiger charge is -2.14. The zero-order valence-electron chi connectivity index (χ0n) is 9.41. The van der Waals surface area contributed by atoms with E-state index in [2.05, 4.69) is 0 Å². The predicted molar refractivity (Wildman–Crippen MR) is 71.5 cm³/mol. The lowest BCUT2D eigenvalue weighted by atomic mass is 10.0. The van der Waals surface area contributed by atoms with Gasteiger partial charge in [0.15, 0.2) is 0 Å². The quantitative estimate of drug-likeness (QED) is 0.885. The van der Waals surface area contributed by atoms with Crippen molar-refractivity contribution in [3.05, 3.63) is 69.5 Å². The molecule has 0 heterocycles. The number of aliphatic hydroxyl groups is 1. The normalized spacial score (nSPS) is 12.4. The van der Waals surface area contributed by atoms with E-state index < -0.39 is 6.10 Å². The molecule has 0 saturated carbocycles. The van der Waals surface area contributed by atoms with Crippen molar-refractivity contribution in [3.8, 4) is 0 Å². The minimum atomic E-state index is -0.928. The highest BCUT2D eigenvalue weighted by atomic mass is 35.5. The monoisotopic (exact) mass is 284 g/mol. The molecule has 0 aliphatic rings. The Balaban J connectivity index is 2.28. The SMILES string of the molecule is OC(Cc1ccccc1F)c1c(Cl)cccc1Cl. The Morgan fingerprint density at radius 2 is 1.61 bits per heavy atom. The molecule has 0 aliphatic heterocycles. The van der Waals surface area contributed by atoms with E-state index in [-0.39, 0.29) is 12.2 Å². The summed E-state index contributed by atoms with van der Waals surface area (Å²) >= 11 is 12.0. The van der Waals surface area contributed by atoms with Crippen LogP contribution in [0.2, 0.25) is 10.0 Å². The maximum absolute atomic E-state index is 13.5. The van der Waals surface area contributed by atoms with Crippen molar-refractivity contribution >= 4 is 23.2 Å². The van der Waals surface area contributed by atoms with Gasteiger partial charge in [0.2, 0.25) is 0 Å².